The monoisotopic (exact) mass is 453 g/mol. The van der Waals surface area contributed by atoms with Gasteiger partial charge in [0.1, 0.15) is 18.1 Å². The van der Waals surface area contributed by atoms with Crippen LogP contribution in [0.15, 0.2) is 0 Å². The number of carboxylic acids is 1. The fraction of sp³-hybridized carbons (Fsp3) is 0.667. The molecule has 0 rings (SSSR count). The first-order valence-corrected chi connectivity index (χ1v) is 10.5. The molecule has 0 aliphatic heterocycles. The van der Waals surface area contributed by atoms with Crippen molar-refractivity contribution >= 4 is 54.0 Å². The number of hydrogen-bond acceptors (Lipinski definition) is 9. The third-order valence-electron chi connectivity index (χ3n) is 3.62. The Balaban J connectivity index is 5.13. The van der Waals surface area contributed by atoms with E-state index in [1.807, 2.05) is 6.26 Å². The molecule has 0 aromatic rings. The molecule has 0 aliphatic carbocycles. The highest BCUT2D eigenvalue weighted by molar-refractivity contribution is 7.98. The second kappa shape index (κ2) is 14.0. The highest BCUT2D eigenvalue weighted by Crippen LogP contribution is 2.01. The summed E-state index contributed by atoms with van der Waals surface area (Å²) < 4.78 is 0. The number of aliphatic hydroxyl groups excluding tert-OH is 1. The quantitative estimate of drug-likeness (QED) is 0.122. The lowest BCUT2D eigenvalue weighted by Crippen LogP contribution is -2.58. The van der Waals surface area contributed by atoms with E-state index in [1.165, 1.54) is 11.8 Å². The molecule has 166 valence electrons. The number of nitrogens with two attached hydrogens (primary N) is 2. The molecular weight excluding hydrogens is 426 g/mol. The largest absolute Gasteiger partial charge is 0.480 e. The molecule has 0 heterocycles. The second-order valence-electron chi connectivity index (χ2n) is 5.95. The zero-order chi connectivity index (χ0) is 22.6. The summed E-state index contributed by atoms with van der Waals surface area (Å²) in [6.45, 7) is -0.860. The Bertz CT molecular complexity index is 608. The summed E-state index contributed by atoms with van der Waals surface area (Å²) >= 11 is 5.26. The molecule has 0 aliphatic rings. The van der Waals surface area contributed by atoms with E-state index < -0.39 is 66.8 Å². The standard InChI is InChI=1S/C15H27N5O7S2/c1-29-3-2-7(16)12(23)18-8(4-11(17)22)13(24)19-9(5-21)14(25)20-10(6-28)15(26)27/h7-10,21,28H,2-6,16H2,1H3,(H2,17,22)(H,18,23)(H,19,24)(H,20,25)(H,26,27). The number of thiol groups is 1. The summed E-state index contributed by atoms with van der Waals surface area (Å²) in [6.07, 6.45) is 1.59. The van der Waals surface area contributed by atoms with Crippen molar-refractivity contribution in [2.45, 2.75) is 37.0 Å². The van der Waals surface area contributed by atoms with Crippen molar-refractivity contribution < 1.29 is 34.2 Å². The maximum atomic E-state index is 12.4. The molecule has 0 aromatic carbocycles. The van der Waals surface area contributed by atoms with Crippen molar-refractivity contribution in [1.82, 2.24) is 16.0 Å². The maximum Gasteiger partial charge on any atom is 0.327 e. The van der Waals surface area contributed by atoms with Crippen LogP contribution < -0.4 is 27.4 Å². The van der Waals surface area contributed by atoms with Crippen LogP contribution in [-0.4, -0.2) is 88.3 Å². The Morgan fingerprint density at radius 2 is 1.52 bits per heavy atom. The minimum Gasteiger partial charge on any atom is -0.480 e. The molecule has 0 aromatic heterocycles. The molecule has 29 heavy (non-hydrogen) atoms. The lowest BCUT2D eigenvalue weighted by atomic mass is 10.1. The van der Waals surface area contributed by atoms with Gasteiger partial charge in [0.2, 0.25) is 23.6 Å². The molecule has 0 spiro atoms. The van der Waals surface area contributed by atoms with Crippen LogP contribution in [0, 0.1) is 0 Å². The zero-order valence-electron chi connectivity index (χ0n) is 15.8. The lowest BCUT2D eigenvalue weighted by Gasteiger charge is -2.23. The van der Waals surface area contributed by atoms with Gasteiger partial charge in [0.15, 0.2) is 0 Å². The molecule has 0 saturated heterocycles. The van der Waals surface area contributed by atoms with E-state index >= 15 is 0 Å². The number of aliphatic hydroxyl groups is 1. The van der Waals surface area contributed by atoms with E-state index in [4.69, 9.17) is 16.6 Å². The van der Waals surface area contributed by atoms with Gasteiger partial charge < -0.3 is 37.6 Å². The molecule has 4 atom stereocenters. The summed E-state index contributed by atoms with van der Waals surface area (Å²) in [5.41, 5.74) is 10.8. The van der Waals surface area contributed by atoms with Crippen molar-refractivity contribution in [2.24, 2.45) is 11.5 Å². The summed E-state index contributed by atoms with van der Waals surface area (Å²) in [6, 6.07) is -5.22. The fourth-order valence-electron chi connectivity index (χ4n) is 1.99. The lowest BCUT2D eigenvalue weighted by molar-refractivity contribution is -0.142. The van der Waals surface area contributed by atoms with E-state index in [0.717, 1.165) is 0 Å². The van der Waals surface area contributed by atoms with Crippen molar-refractivity contribution in [1.29, 1.82) is 0 Å². The maximum absolute atomic E-state index is 12.4. The Hall–Kier alpha value is -2.03. The third-order valence-corrected chi connectivity index (χ3v) is 4.63. The van der Waals surface area contributed by atoms with E-state index in [-0.39, 0.29) is 5.75 Å². The Morgan fingerprint density at radius 1 is 1.00 bits per heavy atom. The molecule has 0 bridgehead atoms. The highest BCUT2D eigenvalue weighted by Gasteiger charge is 2.30. The number of aliphatic carboxylic acids is 1. The van der Waals surface area contributed by atoms with Crippen LogP contribution >= 0.6 is 24.4 Å². The number of carbonyl (C=O) groups is 5. The molecule has 4 amide bonds. The summed E-state index contributed by atoms with van der Waals surface area (Å²) in [4.78, 5) is 58.8. The molecule has 12 nitrogen and oxygen atoms in total. The second-order valence-corrected chi connectivity index (χ2v) is 7.30. The molecule has 0 saturated carbocycles. The predicted molar refractivity (Wildman–Crippen MR) is 109 cm³/mol. The molecule has 14 heteroatoms. The highest BCUT2D eigenvalue weighted by atomic mass is 32.2. The van der Waals surface area contributed by atoms with Crippen LogP contribution in [0.4, 0.5) is 0 Å². The van der Waals surface area contributed by atoms with Gasteiger partial charge in [0.05, 0.1) is 19.1 Å². The Kier molecular flexibility index (Phi) is 13.0. The fourth-order valence-corrected chi connectivity index (χ4v) is 2.73. The molecule has 4 unspecified atom stereocenters. The average Bonchev–Trinajstić information content (AvgIpc) is 2.66. The van der Waals surface area contributed by atoms with E-state index in [1.54, 1.807) is 0 Å². The van der Waals surface area contributed by atoms with Crippen molar-refractivity contribution in [3.63, 3.8) is 0 Å². The number of primary amides is 1. The van der Waals surface area contributed by atoms with Crippen molar-refractivity contribution in [3.8, 4) is 0 Å². The Morgan fingerprint density at radius 3 is 1.97 bits per heavy atom. The van der Waals surface area contributed by atoms with Gasteiger partial charge in [-0.2, -0.15) is 24.4 Å². The average molecular weight is 454 g/mol. The SMILES string of the molecule is CSCCC(N)C(=O)NC(CC(N)=O)C(=O)NC(CO)C(=O)NC(CS)C(=O)O. The molecular formula is C15H27N5O7S2. The van der Waals surface area contributed by atoms with Crippen LogP contribution in [0.25, 0.3) is 0 Å². The van der Waals surface area contributed by atoms with Gasteiger partial charge in [0, 0.05) is 5.75 Å². The van der Waals surface area contributed by atoms with Crippen LogP contribution in [0.2, 0.25) is 0 Å². The number of rotatable bonds is 14. The number of carbonyl (C=O) groups excluding carboxylic acids is 4. The number of nitrogens with one attached hydrogen (secondary N) is 3. The molecule has 0 fully saturated rings. The number of carboxylic acid groups (broad SMARTS) is 1. The van der Waals surface area contributed by atoms with Crippen LogP contribution in [-0.2, 0) is 24.0 Å². The van der Waals surface area contributed by atoms with Gasteiger partial charge in [-0.1, -0.05) is 0 Å². The number of hydrogen-bond donors (Lipinski definition) is 8. The van der Waals surface area contributed by atoms with E-state index in [9.17, 15) is 29.1 Å². The third kappa shape index (κ3) is 10.3. The van der Waals surface area contributed by atoms with E-state index in [2.05, 4.69) is 28.6 Å². The Labute approximate surface area is 177 Å². The zero-order valence-corrected chi connectivity index (χ0v) is 17.5. The first-order valence-electron chi connectivity index (χ1n) is 8.45. The molecule has 9 N–H and O–H groups in total. The van der Waals surface area contributed by atoms with Gasteiger partial charge in [0.25, 0.3) is 0 Å². The van der Waals surface area contributed by atoms with Gasteiger partial charge in [-0.3, -0.25) is 19.2 Å². The van der Waals surface area contributed by atoms with Gasteiger partial charge in [-0.25, -0.2) is 4.79 Å². The van der Waals surface area contributed by atoms with Gasteiger partial charge in [-0.05, 0) is 18.4 Å². The van der Waals surface area contributed by atoms with E-state index in [0.29, 0.717) is 12.2 Å². The molecule has 0 radical (unpaired) electrons. The van der Waals surface area contributed by atoms with Crippen LogP contribution in [0.3, 0.4) is 0 Å². The summed E-state index contributed by atoms with van der Waals surface area (Å²) in [5.74, 6) is -4.51. The van der Waals surface area contributed by atoms with Gasteiger partial charge in [-0.15, -0.1) is 0 Å². The minimum atomic E-state index is -1.53. The number of amides is 4. The first kappa shape index (κ1) is 27.0. The first-order chi connectivity index (χ1) is 13.6. The van der Waals surface area contributed by atoms with Gasteiger partial charge >= 0.3 is 5.97 Å². The van der Waals surface area contributed by atoms with Crippen molar-refractivity contribution in [2.75, 3.05) is 24.4 Å². The number of thioether (sulfide) groups is 1. The van der Waals surface area contributed by atoms with Crippen molar-refractivity contribution in [3.05, 3.63) is 0 Å². The topological polar surface area (TPSA) is 214 Å². The van der Waals surface area contributed by atoms with Crippen LogP contribution in [0.1, 0.15) is 12.8 Å². The smallest absolute Gasteiger partial charge is 0.327 e. The minimum absolute atomic E-state index is 0.221. The summed E-state index contributed by atoms with van der Waals surface area (Å²) in [5, 5.41) is 24.8. The predicted octanol–water partition coefficient (Wildman–Crippen LogP) is -3.60. The summed E-state index contributed by atoms with van der Waals surface area (Å²) in [7, 11) is 0. The normalized spacial score (nSPS) is 14.8. The van der Waals surface area contributed by atoms with Crippen LogP contribution in [0.5, 0.6) is 0 Å².